The van der Waals surface area contributed by atoms with Gasteiger partial charge in [0.15, 0.2) is 0 Å². The first-order valence-corrected chi connectivity index (χ1v) is 5.33. The van der Waals surface area contributed by atoms with Gasteiger partial charge in [-0.1, -0.05) is 26.0 Å². The van der Waals surface area contributed by atoms with Gasteiger partial charge in [-0.05, 0) is 31.9 Å². The number of rotatable bonds is 1. The SMILES string of the molecule is Cc1ccc(C)n1B1CCC(C)C1. The molecule has 70 valence electrons. The second-order valence-electron chi connectivity index (χ2n) is 4.56. The Morgan fingerprint density at radius 3 is 2.38 bits per heavy atom. The van der Waals surface area contributed by atoms with Gasteiger partial charge in [0.2, 0.25) is 0 Å². The second-order valence-corrected chi connectivity index (χ2v) is 4.56. The molecule has 1 aromatic heterocycles. The summed E-state index contributed by atoms with van der Waals surface area (Å²) in [7, 11) is 0. The smallest absolute Gasteiger partial charge is 0.259 e. The first-order chi connectivity index (χ1) is 6.18. The third-order valence-corrected chi connectivity index (χ3v) is 3.36. The average molecular weight is 175 g/mol. The van der Waals surface area contributed by atoms with Crippen molar-refractivity contribution in [2.75, 3.05) is 0 Å². The summed E-state index contributed by atoms with van der Waals surface area (Å²) in [6.45, 7) is 7.59. The molecule has 0 saturated carbocycles. The van der Waals surface area contributed by atoms with E-state index in [0.717, 1.165) is 12.8 Å². The Labute approximate surface area is 81.2 Å². The van der Waals surface area contributed by atoms with E-state index in [1.807, 2.05) is 0 Å². The fourth-order valence-electron chi connectivity index (χ4n) is 2.67. The van der Waals surface area contributed by atoms with Crippen LogP contribution in [0.3, 0.4) is 0 Å². The van der Waals surface area contributed by atoms with Gasteiger partial charge in [-0.25, -0.2) is 0 Å². The summed E-state index contributed by atoms with van der Waals surface area (Å²) < 4.78 is 2.52. The van der Waals surface area contributed by atoms with Gasteiger partial charge in [-0.15, -0.1) is 0 Å². The minimum Gasteiger partial charge on any atom is -0.393 e. The summed E-state index contributed by atoms with van der Waals surface area (Å²) in [5.41, 5.74) is 2.85. The van der Waals surface area contributed by atoms with Crippen molar-refractivity contribution < 1.29 is 0 Å². The highest BCUT2D eigenvalue weighted by molar-refractivity contribution is 6.58. The lowest BCUT2D eigenvalue weighted by molar-refractivity contribution is 0.658. The fourth-order valence-corrected chi connectivity index (χ4v) is 2.67. The molecule has 0 bridgehead atoms. The molecule has 0 aromatic carbocycles. The molecule has 2 rings (SSSR count). The van der Waals surface area contributed by atoms with Crippen molar-refractivity contribution >= 4 is 6.85 Å². The molecule has 1 nitrogen and oxygen atoms in total. The molecule has 0 aliphatic carbocycles. The van der Waals surface area contributed by atoms with Crippen LogP contribution in [0.4, 0.5) is 0 Å². The molecular formula is C11H18BN. The van der Waals surface area contributed by atoms with Crippen molar-refractivity contribution in [2.24, 2.45) is 5.92 Å². The number of aryl methyl sites for hydroxylation is 2. The maximum Gasteiger partial charge on any atom is 0.259 e. The van der Waals surface area contributed by atoms with Crippen molar-refractivity contribution in [1.82, 2.24) is 4.48 Å². The predicted molar refractivity (Wildman–Crippen MR) is 58.5 cm³/mol. The molecule has 1 saturated heterocycles. The Balaban J connectivity index is 2.25. The molecule has 2 heterocycles. The maximum absolute atomic E-state index is 2.52. The summed E-state index contributed by atoms with van der Waals surface area (Å²) in [6, 6.07) is 4.47. The minimum absolute atomic E-state index is 0.782. The van der Waals surface area contributed by atoms with E-state index >= 15 is 0 Å². The lowest BCUT2D eigenvalue weighted by Gasteiger charge is -2.14. The van der Waals surface area contributed by atoms with Gasteiger partial charge in [0, 0.05) is 11.4 Å². The lowest BCUT2D eigenvalue weighted by Crippen LogP contribution is -2.22. The summed E-state index contributed by atoms with van der Waals surface area (Å²) in [4.78, 5) is 0. The van der Waals surface area contributed by atoms with Crippen LogP contribution < -0.4 is 0 Å². The number of hydrogen-bond acceptors (Lipinski definition) is 0. The molecule has 1 aliphatic rings. The Bertz CT molecular complexity index is 284. The van der Waals surface area contributed by atoms with E-state index in [1.54, 1.807) is 0 Å². The molecule has 1 fully saturated rings. The largest absolute Gasteiger partial charge is 0.393 e. The molecule has 2 heteroatoms. The number of aromatic nitrogens is 1. The van der Waals surface area contributed by atoms with Gasteiger partial charge in [0.25, 0.3) is 6.85 Å². The molecule has 0 amide bonds. The molecule has 1 unspecified atom stereocenters. The molecular weight excluding hydrogens is 157 g/mol. The monoisotopic (exact) mass is 175 g/mol. The Kier molecular flexibility index (Phi) is 2.23. The highest BCUT2D eigenvalue weighted by atomic mass is 14.9. The summed E-state index contributed by atoms with van der Waals surface area (Å²) in [6.07, 6.45) is 4.15. The van der Waals surface area contributed by atoms with Crippen molar-refractivity contribution in [3.8, 4) is 0 Å². The van der Waals surface area contributed by atoms with E-state index in [0.29, 0.717) is 0 Å². The quantitative estimate of drug-likeness (QED) is 0.578. The summed E-state index contributed by atoms with van der Waals surface area (Å²) in [5.74, 6) is 0.922. The van der Waals surface area contributed by atoms with Crippen molar-refractivity contribution in [3.05, 3.63) is 23.5 Å². The van der Waals surface area contributed by atoms with Gasteiger partial charge >= 0.3 is 0 Å². The Morgan fingerprint density at radius 1 is 1.31 bits per heavy atom. The molecule has 0 spiro atoms. The van der Waals surface area contributed by atoms with E-state index in [2.05, 4.69) is 37.4 Å². The van der Waals surface area contributed by atoms with E-state index in [4.69, 9.17) is 0 Å². The highest BCUT2D eigenvalue weighted by Gasteiger charge is 2.28. The zero-order chi connectivity index (χ0) is 9.42. The predicted octanol–water partition coefficient (Wildman–Crippen LogP) is 2.98. The molecule has 1 aromatic rings. The van der Waals surface area contributed by atoms with Crippen LogP contribution in [0.2, 0.25) is 12.6 Å². The molecule has 0 radical (unpaired) electrons. The molecule has 1 atom stereocenters. The standard InChI is InChI=1S/C11H18BN/c1-9-6-7-12(8-9)13-10(2)4-5-11(13)3/h4-5,9H,6-8H2,1-3H3. The molecule has 0 N–H and O–H groups in total. The first kappa shape index (κ1) is 8.92. The minimum atomic E-state index is 0.782. The van der Waals surface area contributed by atoms with E-state index < -0.39 is 0 Å². The topological polar surface area (TPSA) is 4.93 Å². The van der Waals surface area contributed by atoms with Crippen molar-refractivity contribution in [1.29, 1.82) is 0 Å². The Morgan fingerprint density at radius 2 is 1.92 bits per heavy atom. The van der Waals surface area contributed by atoms with Crippen LogP contribution in [0.1, 0.15) is 24.7 Å². The first-order valence-electron chi connectivity index (χ1n) is 5.33. The van der Waals surface area contributed by atoms with Gasteiger partial charge in [-0.2, -0.15) is 0 Å². The zero-order valence-electron chi connectivity index (χ0n) is 8.88. The Hall–Kier alpha value is -0.655. The third-order valence-electron chi connectivity index (χ3n) is 3.36. The van der Waals surface area contributed by atoms with Crippen LogP contribution in [-0.4, -0.2) is 11.3 Å². The number of nitrogens with zero attached hydrogens (tertiary/aromatic N) is 1. The van der Waals surface area contributed by atoms with Crippen LogP contribution in [0, 0.1) is 19.8 Å². The summed E-state index contributed by atoms with van der Waals surface area (Å²) in [5, 5.41) is 0. The third kappa shape index (κ3) is 1.54. The van der Waals surface area contributed by atoms with Crippen molar-refractivity contribution in [3.63, 3.8) is 0 Å². The number of hydrogen-bond donors (Lipinski definition) is 0. The molecule has 1 aliphatic heterocycles. The normalized spacial score (nSPS) is 22.7. The average Bonchev–Trinajstić information content (AvgIpc) is 2.60. The zero-order valence-corrected chi connectivity index (χ0v) is 8.88. The van der Waals surface area contributed by atoms with Crippen molar-refractivity contribution in [2.45, 2.75) is 39.8 Å². The van der Waals surface area contributed by atoms with E-state index in [1.165, 1.54) is 30.4 Å². The van der Waals surface area contributed by atoms with Crippen LogP contribution in [0.15, 0.2) is 12.1 Å². The van der Waals surface area contributed by atoms with E-state index in [-0.39, 0.29) is 0 Å². The fraction of sp³-hybridized carbons (Fsp3) is 0.636. The van der Waals surface area contributed by atoms with Gasteiger partial charge < -0.3 is 4.48 Å². The van der Waals surface area contributed by atoms with Gasteiger partial charge in [-0.3, -0.25) is 0 Å². The molecule has 13 heavy (non-hydrogen) atoms. The van der Waals surface area contributed by atoms with Crippen LogP contribution in [-0.2, 0) is 0 Å². The maximum atomic E-state index is 2.52. The van der Waals surface area contributed by atoms with Crippen LogP contribution in [0.25, 0.3) is 0 Å². The lowest BCUT2D eigenvalue weighted by atomic mass is 9.59. The highest BCUT2D eigenvalue weighted by Crippen LogP contribution is 2.28. The van der Waals surface area contributed by atoms with E-state index in [9.17, 15) is 0 Å². The summed E-state index contributed by atoms with van der Waals surface area (Å²) >= 11 is 0. The second kappa shape index (κ2) is 3.24. The van der Waals surface area contributed by atoms with Crippen LogP contribution >= 0.6 is 0 Å². The van der Waals surface area contributed by atoms with Gasteiger partial charge in [0.1, 0.15) is 0 Å². The van der Waals surface area contributed by atoms with Gasteiger partial charge in [0.05, 0.1) is 0 Å². The van der Waals surface area contributed by atoms with Crippen LogP contribution in [0.5, 0.6) is 0 Å².